The van der Waals surface area contributed by atoms with Gasteiger partial charge in [-0.2, -0.15) is 0 Å². The zero-order valence-electron chi connectivity index (χ0n) is 15.1. The van der Waals surface area contributed by atoms with Crippen LogP contribution in [-0.2, 0) is 16.0 Å². The standard InChI is InChI=1S/C20H29N3O2/c1-15-5-2-3-6-16(15)14-19(24)22-9-11-23(12-10-22)20(25)17-7-4-8-18(21)13-17/h2-3,5-6,17-18H,4,7-14,21H2,1H3. The first-order valence-corrected chi connectivity index (χ1v) is 9.41. The van der Waals surface area contributed by atoms with Crippen LogP contribution in [0.3, 0.4) is 0 Å². The predicted molar refractivity (Wildman–Crippen MR) is 98.0 cm³/mol. The second-order valence-corrected chi connectivity index (χ2v) is 7.43. The molecule has 1 aromatic carbocycles. The van der Waals surface area contributed by atoms with Gasteiger partial charge in [0.05, 0.1) is 6.42 Å². The molecule has 1 saturated heterocycles. The summed E-state index contributed by atoms with van der Waals surface area (Å²) in [6, 6.07) is 8.18. The molecule has 0 bridgehead atoms. The van der Waals surface area contributed by atoms with Gasteiger partial charge in [-0.3, -0.25) is 9.59 Å². The molecule has 0 radical (unpaired) electrons. The number of amides is 2. The molecular weight excluding hydrogens is 314 g/mol. The lowest BCUT2D eigenvalue weighted by Crippen LogP contribution is -2.53. The summed E-state index contributed by atoms with van der Waals surface area (Å²) in [5.41, 5.74) is 8.25. The number of benzene rings is 1. The van der Waals surface area contributed by atoms with Crippen molar-refractivity contribution in [2.75, 3.05) is 26.2 Å². The maximum atomic E-state index is 12.7. The quantitative estimate of drug-likeness (QED) is 0.909. The van der Waals surface area contributed by atoms with Gasteiger partial charge in [0.1, 0.15) is 0 Å². The van der Waals surface area contributed by atoms with E-state index in [1.807, 2.05) is 41.0 Å². The van der Waals surface area contributed by atoms with Crippen LogP contribution in [0.15, 0.2) is 24.3 Å². The van der Waals surface area contributed by atoms with Gasteiger partial charge in [-0.15, -0.1) is 0 Å². The van der Waals surface area contributed by atoms with E-state index in [2.05, 4.69) is 0 Å². The molecule has 136 valence electrons. The SMILES string of the molecule is Cc1ccccc1CC(=O)N1CCN(C(=O)C2CCCC(N)C2)CC1. The topological polar surface area (TPSA) is 66.6 Å². The van der Waals surface area contributed by atoms with Crippen LogP contribution in [0.4, 0.5) is 0 Å². The van der Waals surface area contributed by atoms with Crippen LogP contribution >= 0.6 is 0 Å². The second kappa shape index (κ2) is 8.00. The zero-order valence-corrected chi connectivity index (χ0v) is 15.1. The Morgan fingerprint density at radius 1 is 1.08 bits per heavy atom. The van der Waals surface area contributed by atoms with Gasteiger partial charge >= 0.3 is 0 Å². The fraction of sp³-hybridized carbons (Fsp3) is 0.600. The molecule has 0 spiro atoms. The normalized spacial score (nSPS) is 24.2. The lowest BCUT2D eigenvalue weighted by molar-refractivity contribution is -0.142. The highest BCUT2D eigenvalue weighted by atomic mass is 16.2. The van der Waals surface area contributed by atoms with E-state index in [1.165, 1.54) is 0 Å². The molecule has 2 atom stereocenters. The predicted octanol–water partition coefficient (Wildman–Crippen LogP) is 1.73. The van der Waals surface area contributed by atoms with Crippen molar-refractivity contribution in [1.29, 1.82) is 0 Å². The summed E-state index contributed by atoms with van der Waals surface area (Å²) in [6.07, 6.45) is 4.29. The summed E-state index contributed by atoms with van der Waals surface area (Å²) in [6.45, 7) is 4.59. The van der Waals surface area contributed by atoms with Crippen LogP contribution in [-0.4, -0.2) is 53.8 Å². The molecule has 1 saturated carbocycles. The Kier molecular flexibility index (Phi) is 5.74. The van der Waals surface area contributed by atoms with Crippen molar-refractivity contribution in [3.63, 3.8) is 0 Å². The van der Waals surface area contributed by atoms with Crippen LogP contribution in [0, 0.1) is 12.8 Å². The van der Waals surface area contributed by atoms with Gasteiger partial charge in [-0.1, -0.05) is 30.7 Å². The number of carbonyl (C=O) groups excluding carboxylic acids is 2. The number of aryl methyl sites for hydroxylation is 1. The third-order valence-electron chi connectivity index (χ3n) is 5.61. The number of piperazine rings is 1. The van der Waals surface area contributed by atoms with Crippen molar-refractivity contribution < 1.29 is 9.59 Å². The lowest BCUT2D eigenvalue weighted by atomic mass is 9.85. The molecule has 25 heavy (non-hydrogen) atoms. The fourth-order valence-electron chi connectivity index (χ4n) is 3.97. The largest absolute Gasteiger partial charge is 0.339 e. The molecule has 1 aliphatic heterocycles. The minimum atomic E-state index is 0.0815. The Hall–Kier alpha value is -1.88. The zero-order chi connectivity index (χ0) is 17.8. The van der Waals surface area contributed by atoms with Crippen molar-refractivity contribution in [1.82, 2.24) is 9.80 Å². The molecule has 0 aromatic heterocycles. The minimum Gasteiger partial charge on any atom is -0.339 e. The monoisotopic (exact) mass is 343 g/mol. The maximum absolute atomic E-state index is 12.7. The van der Waals surface area contributed by atoms with Gasteiger partial charge in [-0.05, 0) is 37.3 Å². The van der Waals surface area contributed by atoms with E-state index >= 15 is 0 Å². The van der Waals surface area contributed by atoms with Crippen molar-refractivity contribution in [3.05, 3.63) is 35.4 Å². The van der Waals surface area contributed by atoms with Gasteiger partial charge in [0.15, 0.2) is 0 Å². The van der Waals surface area contributed by atoms with Gasteiger partial charge in [0, 0.05) is 38.1 Å². The second-order valence-electron chi connectivity index (χ2n) is 7.43. The highest BCUT2D eigenvalue weighted by Gasteiger charge is 2.31. The van der Waals surface area contributed by atoms with Gasteiger partial charge in [0.25, 0.3) is 0 Å². The molecule has 1 aliphatic carbocycles. The van der Waals surface area contributed by atoms with Gasteiger partial charge in [0.2, 0.25) is 11.8 Å². The first-order valence-electron chi connectivity index (χ1n) is 9.41. The average Bonchev–Trinajstić information content (AvgIpc) is 2.63. The number of hydrogen-bond donors (Lipinski definition) is 1. The Bertz CT molecular complexity index is 623. The molecule has 3 rings (SSSR count). The van der Waals surface area contributed by atoms with Crippen LogP contribution in [0.2, 0.25) is 0 Å². The van der Waals surface area contributed by atoms with Crippen molar-refractivity contribution in [3.8, 4) is 0 Å². The molecule has 1 aromatic rings. The van der Waals surface area contributed by atoms with E-state index < -0.39 is 0 Å². The molecular formula is C20H29N3O2. The Morgan fingerprint density at radius 2 is 1.76 bits per heavy atom. The number of carbonyl (C=O) groups is 2. The first kappa shape index (κ1) is 17.9. The summed E-state index contributed by atoms with van der Waals surface area (Å²) < 4.78 is 0. The number of hydrogen-bond acceptors (Lipinski definition) is 3. The highest BCUT2D eigenvalue weighted by Crippen LogP contribution is 2.25. The number of nitrogens with two attached hydrogens (primary N) is 1. The maximum Gasteiger partial charge on any atom is 0.227 e. The van der Waals surface area contributed by atoms with Crippen molar-refractivity contribution in [2.45, 2.75) is 45.1 Å². The Morgan fingerprint density at radius 3 is 2.44 bits per heavy atom. The third-order valence-corrected chi connectivity index (χ3v) is 5.61. The number of rotatable bonds is 3. The van der Waals surface area contributed by atoms with Crippen LogP contribution in [0.1, 0.15) is 36.8 Å². The average molecular weight is 343 g/mol. The van der Waals surface area contributed by atoms with E-state index in [9.17, 15) is 9.59 Å². The van der Waals surface area contributed by atoms with E-state index in [1.54, 1.807) is 0 Å². The van der Waals surface area contributed by atoms with Crippen LogP contribution < -0.4 is 5.73 Å². The molecule has 2 unspecified atom stereocenters. The molecule has 2 fully saturated rings. The third kappa shape index (κ3) is 4.40. The number of nitrogens with zero attached hydrogens (tertiary/aromatic N) is 2. The summed E-state index contributed by atoms with van der Waals surface area (Å²) >= 11 is 0. The Labute approximate surface area is 150 Å². The first-order chi connectivity index (χ1) is 12.0. The molecule has 2 aliphatic rings. The Balaban J connectivity index is 1.50. The molecule has 5 heteroatoms. The van der Waals surface area contributed by atoms with Crippen LogP contribution in [0.25, 0.3) is 0 Å². The summed E-state index contributed by atoms with van der Waals surface area (Å²) in [5, 5.41) is 0. The summed E-state index contributed by atoms with van der Waals surface area (Å²) in [7, 11) is 0. The van der Waals surface area contributed by atoms with E-state index in [4.69, 9.17) is 5.73 Å². The molecule has 5 nitrogen and oxygen atoms in total. The van der Waals surface area contributed by atoms with Crippen LogP contribution in [0.5, 0.6) is 0 Å². The smallest absolute Gasteiger partial charge is 0.227 e. The minimum absolute atomic E-state index is 0.0815. The van der Waals surface area contributed by atoms with Crippen molar-refractivity contribution in [2.24, 2.45) is 11.7 Å². The van der Waals surface area contributed by atoms with E-state index in [-0.39, 0.29) is 23.8 Å². The summed E-state index contributed by atoms with van der Waals surface area (Å²) in [4.78, 5) is 29.0. The van der Waals surface area contributed by atoms with E-state index in [0.29, 0.717) is 32.6 Å². The van der Waals surface area contributed by atoms with E-state index in [0.717, 1.165) is 36.8 Å². The van der Waals surface area contributed by atoms with Gasteiger partial charge < -0.3 is 15.5 Å². The molecule has 1 heterocycles. The lowest BCUT2D eigenvalue weighted by Gasteiger charge is -2.38. The molecule has 2 N–H and O–H groups in total. The highest BCUT2D eigenvalue weighted by molar-refractivity contribution is 5.81. The van der Waals surface area contributed by atoms with Crippen molar-refractivity contribution >= 4 is 11.8 Å². The molecule has 2 amide bonds. The fourth-order valence-corrected chi connectivity index (χ4v) is 3.97. The van der Waals surface area contributed by atoms with Gasteiger partial charge in [-0.25, -0.2) is 0 Å². The summed E-state index contributed by atoms with van der Waals surface area (Å²) in [5.74, 6) is 0.472.